The number of carbonyl (C=O) groups is 1. The predicted molar refractivity (Wildman–Crippen MR) is 63.7 cm³/mol. The first-order valence-corrected chi connectivity index (χ1v) is 5.54. The van der Waals surface area contributed by atoms with Crippen molar-refractivity contribution >= 4 is 5.97 Å². The van der Waals surface area contributed by atoms with Crippen LogP contribution in [-0.2, 0) is 11.3 Å². The quantitative estimate of drug-likeness (QED) is 0.755. The summed E-state index contributed by atoms with van der Waals surface area (Å²) in [6, 6.07) is 11.6. The van der Waals surface area contributed by atoms with Gasteiger partial charge in [0.2, 0.25) is 0 Å². The van der Waals surface area contributed by atoms with Gasteiger partial charge in [0.15, 0.2) is 5.69 Å². The van der Waals surface area contributed by atoms with Gasteiger partial charge < -0.3 is 4.74 Å². The van der Waals surface area contributed by atoms with Crippen LogP contribution in [-0.4, -0.2) is 22.4 Å². The standard InChI is InChI=1S/C13H14N2O2/c1-2-17-13(16)12-8-9-15(14-12)10-11-6-4-3-5-7-11/h3-9H,2,10H2,1H3. The molecule has 0 aliphatic heterocycles. The highest BCUT2D eigenvalue weighted by Gasteiger charge is 2.09. The maximum Gasteiger partial charge on any atom is 0.358 e. The van der Waals surface area contributed by atoms with E-state index < -0.39 is 0 Å². The smallest absolute Gasteiger partial charge is 0.358 e. The lowest BCUT2D eigenvalue weighted by atomic mass is 10.2. The van der Waals surface area contributed by atoms with E-state index in [2.05, 4.69) is 5.10 Å². The number of hydrogen-bond acceptors (Lipinski definition) is 3. The molecule has 0 atom stereocenters. The van der Waals surface area contributed by atoms with E-state index in [1.165, 1.54) is 0 Å². The number of aromatic nitrogens is 2. The molecule has 0 aliphatic carbocycles. The molecule has 0 saturated carbocycles. The van der Waals surface area contributed by atoms with Crippen molar-refractivity contribution in [3.05, 3.63) is 53.9 Å². The van der Waals surface area contributed by atoms with E-state index >= 15 is 0 Å². The van der Waals surface area contributed by atoms with Gasteiger partial charge in [-0.05, 0) is 18.6 Å². The molecule has 0 unspecified atom stereocenters. The second kappa shape index (κ2) is 5.30. The van der Waals surface area contributed by atoms with Gasteiger partial charge >= 0.3 is 5.97 Å². The summed E-state index contributed by atoms with van der Waals surface area (Å²) >= 11 is 0. The highest BCUT2D eigenvalue weighted by Crippen LogP contribution is 2.04. The predicted octanol–water partition coefficient (Wildman–Crippen LogP) is 2.11. The van der Waals surface area contributed by atoms with Gasteiger partial charge in [-0.3, -0.25) is 4.68 Å². The Labute approximate surface area is 99.8 Å². The third-order valence-corrected chi connectivity index (χ3v) is 2.31. The molecule has 0 amide bonds. The van der Waals surface area contributed by atoms with Crippen LogP contribution in [0.5, 0.6) is 0 Å². The molecule has 0 bridgehead atoms. The average molecular weight is 230 g/mol. The molecule has 0 saturated heterocycles. The summed E-state index contributed by atoms with van der Waals surface area (Å²) in [5.41, 5.74) is 1.49. The van der Waals surface area contributed by atoms with Gasteiger partial charge in [0.1, 0.15) is 0 Å². The van der Waals surface area contributed by atoms with Gasteiger partial charge in [-0.25, -0.2) is 4.79 Å². The van der Waals surface area contributed by atoms with Crippen LogP contribution in [0.4, 0.5) is 0 Å². The SMILES string of the molecule is CCOC(=O)c1ccn(Cc2ccccc2)n1. The number of ether oxygens (including phenoxy) is 1. The Bertz CT molecular complexity index is 491. The number of hydrogen-bond donors (Lipinski definition) is 0. The van der Waals surface area contributed by atoms with Crippen LogP contribution in [0.3, 0.4) is 0 Å². The van der Waals surface area contributed by atoms with Crippen molar-refractivity contribution in [3.8, 4) is 0 Å². The molecule has 88 valence electrons. The third-order valence-electron chi connectivity index (χ3n) is 2.31. The molecule has 4 heteroatoms. The Balaban J connectivity index is 2.06. The highest BCUT2D eigenvalue weighted by atomic mass is 16.5. The number of rotatable bonds is 4. The van der Waals surface area contributed by atoms with Gasteiger partial charge in [-0.15, -0.1) is 0 Å². The van der Waals surface area contributed by atoms with Gasteiger partial charge in [0.05, 0.1) is 13.2 Å². The lowest BCUT2D eigenvalue weighted by Crippen LogP contribution is -2.07. The lowest BCUT2D eigenvalue weighted by Gasteiger charge is -2.01. The second-order valence-corrected chi connectivity index (χ2v) is 3.60. The van der Waals surface area contributed by atoms with Crippen molar-refractivity contribution in [2.75, 3.05) is 6.61 Å². The fourth-order valence-corrected chi connectivity index (χ4v) is 1.53. The van der Waals surface area contributed by atoms with Gasteiger partial charge in [-0.2, -0.15) is 5.10 Å². The summed E-state index contributed by atoms with van der Waals surface area (Å²) in [7, 11) is 0. The average Bonchev–Trinajstić information content (AvgIpc) is 2.79. The van der Waals surface area contributed by atoms with E-state index in [-0.39, 0.29) is 5.97 Å². The van der Waals surface area contributed by atoms with E-state index in [0.29, 0.717) is 18.8 Å². The molecule has 0 spiro atoms. The van der Waals surface area contributed by atoms with Gasteiger partial charge in [0.25, 0.3) is 0 Å². The Morgan fingerprint density at radius 3 is 2.76 bits per heavy atom. The third kappa shape index (κ3) is 2.93. The molecule has 1 aromatic heterocycles. The van der Waals surface area contributed by atoms with Crippen LogP contribution < -0.4 is 0 Å². The largest absolute Gasteiger partial charge is 0.461 e. The number of benzene rings is 1. The lowest BCUT2D eigenvalue weighted by molar-refractivity contribution is 0.0518. The summed E-state index contributed by atoms with van der Waals surface area (Å²) in [5, 5.41) is 4.17. The zero-order valence-electron chi connectivity index (χ0n) is 9.67. The molecule has 2 rings (SSSR count). The van der Waals surface area contributed by atoms with Gasteiger partial charge in [-0.1, -0.05) is 30.3 Å². The molecule has 1 aromatic carbocycles. The first-order valence-electron chi connectivity index (χ1n) is 5.54. The van der Waals surface area contributed by atoms with Crippen LogP contribution in [0.1, 0.15) is 23.0 Å². The maximum atomic E-state index is 11.4. The fourth-order valence-electron chi connectivity index (χ4n) is 1.53. The maximum absolute atomic E-state index is 11.4. The Hall–Kier alpha value is -2.10. The van der Waals surface area contributed by atoms with Crippen molar-refractivity contribution < 1.29 is 9.53 Å². The fraction of sp³-hybridized carbons (Fsp3) is 0.231. The number of esters is 1. The molecule has 2 aromatic rings. The van der Waals surface area contributed by atoms with Crippen LogP contribution in [0, 0.1) is 0 Å². The second-order valence-electron chi connectivity index (χ2n) is 3.60. The van der Waals surface area contributed by atoms with Gasteiger partial charge in [0, 0.05) is 6.20 Å². The topological polar surface area (TPSA) is 44.1 Å². The number of carbonyl (C=O) groups excluding carboxylic acids is 1. The minimum Gasteiger partial charge on any atom is -0.461 e. The van der Waals surface area contributed by atoms with E-state index in [1.807, 2.05) is 30.3 Å². The minimum atomic E-state index is -0.376. The van der Waals surface area contributed by atoms with Crippen LogP contribution in [0.25, 0.3) is 0 Å². The molecule has 0 N–H and O–H groups in total. The summed E-state index contributed by atoms with van der Waals surface area (Å²) in [6.45, 7) is 2.80. The summed E-state index contributed by atoms with van der Waals surface area (Å²) in [4.78, 5) is 11.4. The molecular weight excluding hydrogens is 216 g/mol. The van der Waals surface area contributed by atoms with Crippen molar-refractivity contribution in [2.45, 2.75) is 13.5 Å². The zero-order chi connectivity index (χ0) is 12.1. The van der Waals surface area contributed by atoms with Crippen molar-refractivity contribution in [2.24, 2.45) is 0 Å². The number of nitrogens with zero attached hydrogens (tertiary/aromatic N) is 2. The van der Waals surface area contributed by atoms with E-state index in [4.69, 9.17) is 4.74 Å². The summed E-state index contributed by atoms with van der Waals surface area (Å²) in [5.74, 6) is -0.376. The molecule has 1 heterocycles. The Morgan fingerprint density at radius 2 is 2.06 bits per heavy atom. The zero-order valence-corrected chi connectivity index (χ0v) is 9.67. The van der Waals surface area contributed by atoms with Crippen molar-refractivity contribution in [1.82, 2.24) is 9.78 Å². The molecular formula is C13H14N2O2. The summed E-state index contributed by atoms with van der Waals surface area (Å²) in [6.07, 6.45) is 1.78. The van der Waals surface area contributed by atoms with E-state index in [0.717, 1.165) is 5.56 Å². The summed E-state index contributed by atoms with van der Waals surface area (Å²) < 4.78 is 6.60. The van der Waals surface area contributed by atoms with E-state index in [9.17, 15) is 4.79 Å². The Morgan fingerprint density at radius 1 is 1.29 bits per heavy atom. The minimum absolute atomic E-state index is 0.350. The molecule has 4 nitrogen and oxygen atoms in total. The molecule has 17 heavy (non-hydrogen) atoms. The molecule has 0 fully saturated rings. The van der Waals surface area contributed by atoms with Crippen LogP contribution >= 0.6 is 0 Å². The molecule has 0 radical (unpaired) electrons. The van der Waals surface area contributed by atoms with Crippen LogP contribution in [0.15, 0.2) is 42.6 Å². The monoisotopic (exact) mass is 230 g/mol. The van der Waals surface area contributed by atoms with E-state index in [1.54, 1.807) is 23.9 Å². The van der Waals surface area contributed by atoms with Crippen molar-refractivity contribution in [3.63, 3.8) is 0 Å². The first kappa shape index (κ1) is 11.4. The molecule has 0 aliphatic rings. The normalized spacial score (nSPS) is 10.2. The highest BCUT2D eigenvalue weighted by molar-refractivity contribution is 5.86. The van der Waals surface area contributed by atoms with Crippen LogP contribution in [0.2, 0.25) is 0 Å². The van der Waals surface area contributed by atoms with Crippen molar-refractivity contribution in [1.29, 1.82) is 0 Å². The Kier molecular flexibility index (Phi) is 3.55. The first-order chi connectivity index (χ1) is 8.29.